The van der Waals surface area contributed by atoms with E-state index in [1.807, 2.05) is 0 Å². The average molecular weight is 255 g/mol. The van der Waals surface area contributed by atoms with Gasteiger partial charge in [0.1, 0.15) is 5.82 Å². The fraction of sp³-hybridized carbons (Fsp3) is 0.250. The van der Waals surface area contributed by atoms with Crippen molar-refractivity contribution < 1.29 is 13.2 Å². The highest BCUT2D eigenvalue weighted by Gasteiger charge is 2.30. The Labute approximate surface area is 102 Å². The van der Waals surface area contributed by atoms with Gasteiger partial charge in [0, 0.05) is 11.8 Å². The van der Waals surface area contributed by atoms with Gasteiger partial charge in [0.05, 0.1) is 12.1 Å². The second kappa shape index (κ2) is 4.36. The largest absolute Gasteiger partial charge is 0.416 e. The summed E-state index contributed by atoms with van der Waals surface area (Å²) in [6, 6.07) is 6.87. The Morgan fingerprint density at radius 1 is 1.28 bits per heavy atom. The van der Waals surface area contributed by atoms with Gasteiger partial charge in [-0.05, 0) is 24.6 Å². The lowest BCUT2D eigenvalue weighted by Crippen LogP contribution is -2.08. The lowest BCUT2D eigenvalue weighted by Gasteiger charge is -2.09. The van der Waals surface area contributed by atoms with Crippen LogP contribution in [0.5, 0.6) is 0 Å². The van der Waals surface area contributed by atoms with E-state index in [1.165, 1.54) is 6.07 Å². The van der Waals surface area contributed by atoms with Gasteiger partial charge in [-0.1, -0.05) is 12.1 Å². The summed E-state index contributed by atoms with van der Waals surface area (Å²) in [6.07, 6.45) is -4.33. The van der Waals surface area contributed by atoms with Gasteiger partial charge in [0.15, 0.2) is 0 Å². The Morgan fingerprint density at radius 2 is 2.00 bits per heavy atom. The molecule has 1 aromatic carbocycles. The number of nitrogens with two attached hydrogens (primary N) is 1. The Morgan fingerprint density at radius 3 is 2.56 bits per heavy atom. The normalized spacial score (nSPS) is 11.8. The molecule has 96 valence electrons. The highest BCUT2D eigenvalue weighted by molar-refractivity contribution is 5.30. The molecule has 0 saturated carbocycles. The van der Waals surface area contributed by atoms with E-state index in [1.54, 1.807) is 23.7 Å². The average Bonchev–Trinajstić information content (AvgIpc) is 2.56. The van der Waals surface area contributed by atoms with Crippen LogP contribution in [0.3, 0.4) is 0 Å². The molecule has 1 heterocycles. The third-order valence-corrected chi connectivity index (χ3v) is 2.59. The van der Waals surface area contributed by atoms with Crippen molar-refractivity contribution in [2.24, 2.45) is 0 Å². The van der Waals surface area contributed by atoms with Crippen molar-refractivity contribution in [3.8, 4) is 0 Å². The van der Waals surface area contributed by atoms with E-state index < -0.39 is 11.7 Å². The molecule has 0 spiro atoms. The van der Waals surface area contributed by atoms with E-state index in [4.69, 9.17) is 5.73 Å². The number of hydrogen-bond acceptors (Lipinski definition) is 2. The second-order valence-corrected chi connectivity index (χ2v) is 4.07. The minimum Gasteiger partial charge on any atom is -0.382 e. The molecule has 0 aliphatic heterocycles. The molecule has 0 bridgehead atoms. The number of aryl methyl sites for hydroxylation is 1. The Hall–Kier alpha value is -1.98. The van der Waals surface area contributed by atoms with E-state index in [2.05, 4.69) is 5.10 Å². The van der Waals surface area contributed by atoms with Crippen molar-refractivity contribution in [2.75, 3.05) is 5.73 Å². The first-order chi connectivity index (χ1) is 8.36. The predicted molar refractivity (Wildman–Crippen MR) is 61.9 cm³/mol. The molecule has 0 atom stereocenters. The van der Waals surface area contributed by atoms with E-state index in [-0.39, 0.29) is 6.54 Å². The molecule has 2 aromatic rings. The molecule has 1 aromatic heterocycles. The molecule has 0 unspecified atom stereocenters. The van der Waals surface area contributed by atoms with Crippen LogP contribution < -0.4 is 5.73 Å². The zero-order chi connectivity index (χ0) is 13.3. The maximum absolute atomic E-state index is 12.5. The number of alkyl halides is 3. The van der Waals surface area contributed by atoms with Crippen LogP contribution in [0.1, 0.15) is 16.8 Å². The fourth-order valence-electron chi connectivity index (χ4n) is 1.71. The third-order valence-electron chi connectivity index (χ3n) is 2.59. The van der Waals surface area contributed by atoms with E-state index in [0.717, 1.165) is 17.8 Å². The smallest absolute Gasteiger partial charge is 0.382 e. The topological polar surface area (TPSA) is 43.8 Å². The first-order valence-electron chi connectivity index (χ1n) is 5.32. The zero-order valence-corrected chi connectivity index (χ0v) is 9.70. The van der Waals surface area contributed by atoms with E-state index in [9.17, 15) is 13.2 Å². The first kappa shape index (κ1) is 12.5. The van der Waals surface area contributed by atoms with Gasteiger partial charge < -0.3 is 5.73 Å². The van der Waals surface area contributed by atoms with Gasteiger partial charge >= 0.3 is 6.18 Å². The molecule has 3 nitrogen and oxygen atoms in total. The summed E-state index contributed by atoms with van der Waals surface area (Å²) >= 11 is 0. The van der Waals surface area contributed by atoms with Crippen molar-refractivity contribution >= 4 is 5.82 Å². The molecule has 0 fully saturated rings. The van der Waals surface area contributed by atoms with Gasteiger partial charge in [-0.3, -0.25) is 4.68 Å². The van der Waals surface area contributed by atoms with Crippen LogP contribution in [0.25, 0.3) is 0 Å². The minimum atomic E-state index is -4.33. The van der Waals surface area contributed by atoms with Gasteiger partial charge in [0.2, 0.25) is 0 Å². The number of anilines is 1. The molecule has 0 aliphatic carbocycles. The molecule has 0 aliphatic rings. The number of nitrogen functional groups attached to an aromatic ring is 1. The van der Waals surface area contributed by atoms with E-state index >= 15 is 0 Å². The van der Waals surface area contributed by atoms with Gasteiger partial charge in [-0.15, -0.1) is 0 Å². The predicted octanol–water partition coefficient (Wildman–Crippen LogP) is 2.84. The molecule has 0 radical (unpaired) electrons. The summed E-state index contributed by atoms with van der Waals surface area (Å²) < 4.78 is 39.2. The van der Waals surface area contributed by atoms with Crippen LogP contribution in [0.2, 0.25) is 0 Å². The Kier molecular flexibility index (Phi) is 3.02. The molecule has 0 saturated heterocycles. The maximum atomic E-state index is 12.5. The lowest BCUT2D eigenvalue weighted by atomic mass is 10.1. The molecule has 2 N–H and O–H groups in total. The fourth-order valence-corrected chi connectivity index (χ4v) is 1.71. The summed E-state index contributed by atoms with van der Waals surface area (Å²) in [5.41, 5.74) is 6.21. The third kappa shape index (κ3) is 2.64. The molecule has 18 heavy (non-hydrogen) atoms. The summed E-state index contributed by atoms with van der Waals surface area (Å²) in [5.74, 6) is 0.361. The van der Waals surface area contributed by atoms with Crippen LogP contribution in [-0.2, 0) is 12.7 Å². The zero-order valence-electron chi connectivity index (χ0n) is 9.70. The van der Waals surface area contributed by atoms with Crippen molar-refractivity contribution in [2.45, 2.75) is 19.6 Å². The monoisotopic (exact) mass is 255 g/mol. The van der Waals surface area contributed by atoms with Gasteiger partial charge in [-0.2, -0.15) is 18.3 Å². The molecular weight excluding hydrogens is 243 g/mol. The maximum Gasteiger partial charge on any atom is 0.416 e. The van der Waals surface area contributed by atoms with Crippen LogP contribution >= 0.6 is 0 Å². The molecule has 2 rings (SSSR count). The Bertz CT molecular complexity index is 558. The standard InChI is InChI=1S/C12H12F3N3/c1-8-5-11(16)17-18(8)7-9-3-2-4-10(6-9)12(13,14)15/h2-6H,7H2,1H3,(H2,16,17). The van der Waals surface area contributed by atoms with Crippen LogP contribution in [0, 0.1) is 6.92 Å². The summed E-state index contributed by atoms with van der Waals surface area (Å²) in [5, 5.41) is 4.01. The van der Waals surface area contributed by atoms with Gasteiger partial charge in [0.25, 0.3) is 0 Å². The highest BCUT2D eigenvalue weighted by atomic mass is 19.4. The minimum absolute atomic E-state index is 0.271. The summed E-state index contributed by atoms with van der Waals surface area (Å²) in [6.45, 7) is 2.07. The van der Waals surface area contributed by atoms with Crippen LogP contribution in [0.4, 0.5) is 19.0 Å². The summed E-state index contributed by atoms with van der Waals surface area (Å²) in [4.78, 5) is 0. The number of hydrogen-bond donors (Lipinski definition) is 1. The summed E-state index contributed by atoms with van der Waals surface area (Å²) in [7, 11) is 0. The number of rotatable bonds is 2. The number of benzene rings is 1. The molecular formula is C12H12F3N3. The Balaban J connectivity index is 2.27. The quantitative estimate of drug-likeness (QED) is 0.896. The highest BCUT2D eigenvalue weighted by Crippen LogP contribution is 2.29. The molecule has 6 heteroatoms. The van der Waals surface area contributed by atoms with Crippen LogP contribution in [-0.4, -0.2) is 9.78 Å². The number of halogens is 3. The lowest BCUT2D eigenvalue weighted by molar-refractivity contribution is -0.137. The number of nitrogens with zero attached hydrogens (tertiary/aromatic N) is 2. The van der Waals surface area contributed by atoms with E-state index in [0.29, 0.717) is 11.4 Å². The molecule has 0 amide bonds. The van der Waals surface area contributed by atoms with Crippen molar-refractivity contribution in [3.63, 3.8) is 0 Å². The van der Waals surface area contributed by atoms with Crippen molar-refractivity contribution in [3.05, 3.63) is 47.2 Å². The SMILES string of the molecule is Cc1cc(N)nn1Cc1cccc(C(F)(F)F)c1. The first-order valence-corrected chi connectivity index (χ1v) is 5.32. The van der Waals surface area contributed by atoms with Crippen molar-refractivity contribution in [1.82, 2.24) is 9.78 Å². The number of aromatic nitrogens is 2. The van der Waals surface area contributed by atoms with Gasteiger partial charge in [-0.25, -0.2) is 0 Å². The van der Waals surface area contributed by atoms with Crippen molar-refractivity contribution in [1.29, 1.82) is 0 Å². The second-order valence-electron chi connectivity index (χ2n) is 4.07. The van der Waals surface area contributed by atoms with Crippen LogP contribution in [0.15, 0.2) is 30.3 Å².